The van der Waals surface area contributed by atoms with Crippen LogP contribution >= 0.6 is 12.4 Å². The molecule has 6 heteroatoms. The highest BCUT2D eigenvalue weighted by molar-refractivity contribution is 6.00. The third-order valence-corrected chi connectivity index (χ3v) is 5.19. The van der Waals surface area contributed by atoms with E-state index in [1.54, 1.807) is 4.90 Å². The Bertz CT molecular complexity index is 605. The number of amides is 2. The second-order valence-corrected chi connectivity index (χ2v) is 7.00. The molecule has 0 aliphatic carbocycles. The smallest absolute Gasteiger partial charge is 0.228 e. The Hall–Kier alpha value is -1.59. The molecule has 0 bridgehead atoms. The van der Waals surface area contributed by atoms with Crippen LogP contribution in [0.5, 0.6) is 0 Å². The first-order valence-electron chi connectivity index (χ1n) is 9.00. The van der Waals surface area contributed by atoms with Crippen molar-refractivity contribution in [2.75, 3.05) is 31.1 Å². The Kier molecular flexibility index (Phi) is 6.85. The average molecular weight is 366 g/mol. The maximum Gasteiger partial charge on any atom is 0.228 e. The molecule has 25 heavy (non-hydrogen) atoms. The summed E-state index contributed by atoms with van der Waals surface area (Å²) < 4.78 is 0. The van der Waals surface area contributed by atoms with Gasteiger partial charge in [-0.2, -0.15) is 0 Å². The van der Waals surface area contributed by atoms with E-state index in [0.717, 1.165) is 38.0 Å². The molecule has 2 heterocycles. The van der Waals surface area contributed by atoms with Crippen LogP contribution < -0.4 is 10.6 Å². The van der Waals surface area contributed by atoms with Crippen molar-refractivity contribution in [1.82, 2.24) is 4.90 Å². The molecule has 2 amide bonds. The summed E-state index contributed by atoms with van der Waals surface area (Å²) in [5.74, 6) is 0.355. The predicted molar refractivity (Wildman–Crippen MR) is 102 cm³/mol. The van der Waals surface area contributed by atoms with Crippen LogP contribution in [0.2, 0.25) is 0 Å². The van der Waals surface area contributed by atoms with Crippen LogP contribution in [0, 0.1) is 11.8 Å². The Labute approximate surface area is 155 Å². The number of hydrogen-bond donors (Lipinski definition) is 1. The van der Waals surface area contributed by atoms with Crippen molar-refractivity contribution in [3.8, 4) is 0 Å². The van der Waals surface area contributed by atoms with Gasteiger partial charge in [-0.15, -0.1) is 12.4 Å². The third-order valence-electron chi connectivity index (χ3n) is 5.19. The fourth-order valence-corrected chi connectivity index (χ4v) is 3.74. The highest BCUT2D eigenvalue weighted by atomic mass is 35.5. The second kappa shape index (κ2) is 8.68. The fraction of sp³-hybridized carbons (Fsp3) is 0.579. The first-order chi connectivity index (χ1) is 11.6. The zero-order valence-electron chi connectivity index (χ0n) is 14.8. The number of likely N-dealkylation sites (tertiary alicyclic amines) is 1. The number of carbonyl (C=O) groups excluding carboxylic acids is 2. The molecule has 2 atom stereocenters. The molecule has 1 aromatic rings. The summed E-state index contributed by atoms with van der Waals surface area (Å²) in [7, 11) is 0. The van der Waals surface area contributed by atoms with Crippen molar-refractivity contribution in [1.29, 1.82) is 0 Å². The van der Waals surface area contributed by atoms with Gasteiger partial charge in [0, 0.05) is 31.7 Å². The van der Waals surface area contributed by atoms with E-state index in [-0.39, 0.29) is 30.1 Å². The van der Waals surface area contributed by atoms with Gasteiger partial charge >= 0.3 is 0 Å². The summed E-state index contributed by atoms with van der Waals surface area (Å²) in [5, 5.41) is 0. The molecule has 0 spiro atoms. The molecule has 3 rings (SSSR count). The van der Waals surface area contributed by atoms with Gasteiger partial charge in [-0.05, 0) is 43.0 Å². The van der Waals surface area contributed by atoms with E-state index in [0.29, 0.717) is 25.4 Å². The summed E-state index contributed by atoms with van der Waals surface area (Å²) in [4.78, 5) is 28.7. The summed E-state index contributed by atoms with van der Waals surface area (Å²) in [6.07, 6.45) is 3.45. The van der Waals surface area contributed by atoms with Gasteiger partial charge in [0.25, 0.3) is 0 Å². The molecule has 2 N–H and O–H groups in total. The SMILES string of the molecule is CCCc1ccc(N2CC(C(=O)N3CCC(CN)C3)CC2=O)cc1.Cl. The van der Waals surface area contributed by atoms with Crippen LogP contribution in [0.25, 0.3) is 0 Å². The van der Waals surface area contributed by atoms with Crippen LogP contribution in [0.4, 0.5) is 5.69 Å². The molecular weight excluding hydrogens is 338 g/mol. The van der Waals surface area contributed by atoms with Crippen molar-refractivity contribution in [2.45, 2.75) is 32.6 Å². The van der Waals surface area contributed by atoms with Gasteiger partial charge in [0.2, 0.25) is 11.8 Å². The van der Waals surface area contributed by atoms with Gasteiger partial charge in [0.05, 0.1) is 5.92 Å². The Morgan fingerprint density at radius 1 is 1.24 bits per heavy atom. The minimum Gasteiger partial charge on any atom is -0.342 e. The molecule has 2 saturated heterocycles. The first kappa shape index (κ1) is 19.7. The zero-order chi connectivity index (χ0) is 17.1. The number of anilines is 1. The van der Waals surface area contributed by atoms with Crippen molar-refractivity contribution in [3.05, 3.63) is 29.8 Å². The van der Waals surface area contributed by atoms with Crippen LogP contribution in [-0.4, -0.2) is 42.9 Å². The van der Waals surface area contributed by atoms with Crippen molar-refractivity contribution >= 4 is 29.9 Å². The summed E-state index contributed by atoms with van der Waals surface area (Å²) in [6, 6.07) is 8.15. The minimum atomic E-state index is -0.218. The molecule has 2 aliphatic heterocycles. The molecular formula is C19H28ClN3O2. The third kappa shape index (κ3) is 4.33. The maximum atomic E-state index is 12.7. The lowest BCUT2D eigenvalue weighted by atomic mass is 10.1. The number of halogens is 1. The number of rotatable bonds is 5. The van der Waals surface area contributed by atoms with Gasteiger partial charge in [-0.1, -0.05) is 25.5 Å². The highest BCUT2D eigenvalue weighted by Gasteiger charge is 2.38. The van der Waals surface area contributed by atoms with Crippen LogP contribution in [-0.2, 0) is 16.0 Å². The number of carbonyl (C=O) groups is 2. The summed E-state index contributed by atoms with van der Waals surface area (Å²) in [6.45, 7) is 4.79. The second-order valence-electron chi connectivity index (χ2n) is 7.00. The van der Waals surface area contributed by atoms with E-state index >= 15 is 0 Å². The topological polar surface area (TPSA) is 66.6 Å². The van der Waals surface area contributed by atoms with Gasteiger partial charge in [-0.3, -0.25) is 9.59 Å². The minimum absolute atomic E-state index is 0. The fourth-order valence-electron chi connectivity index (χ4n) is 3.74. The normalized spacial score (nSPS) is 23.0. The van der Waals surface area contributed by atoms with Crippen molar-refractivity contribution in [2.24, 2.45) is 17.6 Å². The molecule has 2 unspecified atom stereocenters. The van der Waals surface area contributed by atoms with Gasteiger partial charge in [0.1, 0.15) is 0 Å². The van der Waals surface area contributed by atoms with Crippen molar-refractivity contribution < 1.29 is 9.59 Å². The number of nitrogens with two attached hydrogens (primary N) is 1. The van der Waals surface area contributed by atoms with E-state index in [4.69, 9.17) is 5.73 Å². The number of benzene rings is 1. The zero-order valence-corrected chi connectivity index (χ0v) is 15.6. The Morgan fingerprint density at radius 3 is 2.56 bits per heavy atom. The average Bonchev–Trinajstić information content (AvgIpc) is 3.22. The van der Waals surface area contributed by atoms with Gasteiger partial charge in [-0.25, -0.2) is 0 Å². The van der Waals surface area contributed by atoms with Gasteiger partial charge < -0.3 is 15.5 Å². The van der Waals surface area contributed by atoms with E-state index in [1.807, 2.05) is 17.0 Å². The lowest BCUT2D eigenvalue weighted by Gasteiger charge is -2.21. The molecule has 138 valence electrons. The largest absolute Gasteiger partial charge is 0.342 e. The van der Waals surface area contributed by atoms with E-state index in [1.165, 1.54) is 5.56 Å². The first-order valence-corrected chi connectivity index (χ1v) is 9.00. The standard InChI is InChI=1S/C19H27N3O2.ClH/c1-2-3-14-4-6-17(7-5-14)22-13-16(10-18(22)23)19(24)21-9-8-15(11-20)12-21;/h4-7,15-16H,2-3,8-13,20H2,1H3;1H. The van der Waals surface area contributed by atoms with Crippen LogP contribution in [0.15, 0.2) is 24.3 Å². The highest BCUT2D eigenvalue weighted by Crippen LogP contribution is 2.28. The Balaban J connectivity index is 0.00000225. The van der Waals surface area contributed by atoms with Crippen molar-refractivity contribution in [3.63, 3.8) is 0 Å². The van der Waals surface area contributed by atoms with E-state index in [2.05, 4.69) is 19.1 Å². The molecule has 0 aromatic heterocycles. The lowest BCUT2D eigenvalue weighted by Crippen LogP contribution is -2.36. The molecule has 5 nitrogen and oxygen atoms in total. The van der Waals surface area contributed by atoms with Crippen LogP contribution in [0.1, 0.15) is 31.7 Å². The lowest BCUT2D eigenvalue weighted by molar-refractivity contribution is -0.134. The molecule has 0 radical (unpaired) electrons. The van der Waals surface area contributed by atoms with E-state index < -0.39 is 0 Å². The summed E-state index contributed by atoms with van der Waals surface area (Å²) >= 11 is 0. The number of nitrogens with zero attached hydrogens (tertiary/aromatic N) is 2. The molecule has 1 aromatic carbocycles. The quantitative estimate of drug-likeness (QED) is 0.870. The monoisotopic (exact) mass is 365 g/mol. The predicted octanol–water partition coefficient (Wildman–Crippen LogP) is 2.22. The van der Waals surface area contributed by atoms with Gasteiger partial charge in [0.15, 0.2) is 0 Å². The molecule has 0 saturated carbocycles. The number of aryl methyl sites for hydroxylation is 1. The maximum absolute atomic E-state index is 12.7. The summed E-state index contributed by atoms with van der Waals surface area (Å²) in [5.41, 5.74) is 7.89. The molecule has 2 aliphatic rings. The van der Waals surface area contributed by atoms with E-state index in [9.17, 15) is 9.59 Å². The number of hydrogen-bond acceptors (Lipinski definition) is 3. The van der Waals surface area contributed by atoms with Crippen LogP contribution in [0.3, 0.4) is 0 Å². The Morgan fingerprint density at radius 2 is 1.96 bits per heavy atom. The molecule has 2 fully saturated rings.